The Morgan fingerprint density at radius 2 is 1.41 bits per heavy atom. The molecule has 3 rings (SSSR count). The first kappa shape index (κ1) is 14.8. The average molecular weight is 310 g/mol. The molecule has 0 radical (unpaired) electrons. The molecule has 112 valence electrons. The van der Waals surface area contributed by atoms with E-state index in [0.29, 0.717) is 0 Å². The first-order chi connectivity index (χ1) is 10.8. The van der Waals surface area contributed by atoms with Gasteiger partial charge in [-0.3, -0.25) is 0 Å². The molecule has 4 nitrogen and oxygen atoms in total. The Morgan fingerprint density at radius 1 is 0.864 bits per heavy atom. The summed E-state index contributed by atoms with van der Waals surface area (Å²) in [5.41, 5.74) is 2.49. The van der Waals surface area contributed by atoms with Crippen molar-refractivity contribution in [3.8, 4) is 0 Å². The van der Waals surface area contributed by atoms with Gasteiger partial charge in [-0.1, -0.05) is 72.4 Å². The van der Waals surface area contributed by atoms with Gasteiger partial charge in [0.25, 0.3) is 0 Å². The van der Waals surface area contributed by atoms with E-state index in [4.69, 9.17) is 0 Å². The van der Waals surface area contributed by atoms with Crippen molar-refractivity contribution >= 4 is 11.8 Å². The van der Waals surface area contributed by atoms with Crippen LogP contribution in [-0.4, -0.2) is 20.2 Å². The number of rotatable bonds is 5. The van der Waals surface area contributed by atoms with Crippen LogP contribution < -0.4 is 0 Å². The van der Waals surface area contributed by atoms with Crippen LogP contribution in [0.15, 0.2) is 65.8 Å². The fourth-order valence-electron chi connectivity index (χ4n) is 2.28. The molecule has 0 N–H and O–H groups in total. The van der Waals surface area contributed by atoms with Crippen LogP contribution >= 0.6 is 11.8 Å². The maximum atomic E-state index is 4.19. The van der Waals surface area contributed by atoms with Gasteiger partial charge in [-0.2, -0.15) is 0 Å². The second kappa shape index (κ2) is 6.75. The SMILES string of the molecule is CC(C)n1nnnc1SC(c1ccccc1)c1ccccc1. The Morgan fingerprint density at radius 3 is 1.91 bits per heavy atom. The zero-order valence-electron chi connectivity index (χ0n) is 12.6. The average Bonchev–Trinajstić information content (AvgIpc) is 3.03. The first-order valence-corrected chi connectivity index (χ1v) is 8.18. The Bertz CT molecular complexity index is 670. The highest BCUT2D eigenvalue weighted by Gasteiger charge is 2.20. The molecule has 0 saturated carbocycles. The minimum Gasteiger partial charge on any atom is -0.218 e. The van der Waals surface area contributed by atoms with Crippen molar-refractivity contribution in [3.05, 3.63) is 71.8 Å². The summed E-state index contributed by atoms with van der Waals surface area (Å²) in [4.78, 5) is 0. The molecule has 0 saturated heterocycles. The van der Waals surface area contributed by atoms with Crippen LogP contribution in [-0.2, 0) is 0 Å². The summed E-state index contributed by atoms with van der Waals surface area (Å²) in [6.07, 6.45) is 0. The minimum atomic E-state index is 0.172. The normalized spacial score (nSPS) is 11.3. The van der Waals surface area contributed by atoms with Crippen LogP contribution in [0.4, 0.5) is 0 Å². The molecule has 1 heterocycles. The molecule has 0 spiro atoms. The number of thioether (sulfide) groups is 1. The van der Waals surface area contributed by atoms with Gasteiger partial charge in [0.1, 0.15) is 0 Å². The van der Waals surface area contributed by atoms with E-state index in [-0.39, 0.29) is 11.3 Å². The lowest BCUT2D eigenvalue weighted by Crippen LogP contribution is -2.06. The van der Waals surface area contributed by atoms with Gasteiger partial charge in [0.05, 0.1) is 11.3 Å². The first-order valence-electron chi connectivity index (χ1n) is 7.30. The Labute approximate surface area is 134 Å². The summed E-state index contributed by atoms with van der Waals surface area (Å²) in [7, 11) is 0. The maximum Gasteiger partial charge on any atom is 0.210 e. The lowest BCUT2D eigenvalue weighted by molar-refractivity contribution is 0.477. The van der Waals surface area contributed by atoms with Crippen LogP contribution in [0, 0.1) is 0 Å². The van der Waals surface area contributed by atoms with E-state index >= 15 is 0 Å². The monoisotopic (exact) mass is 310 g/mol. The molecule has 3 aromatic rings. The molecule has 22 heavy (non-hydrogen) atoms. The smallest absolute Gasteiger partial charge is 0.210 e. The number of hydrogen-bond donors (Lipinski definition) is 0. The Hall–Kier alpha value is -2.14. The highest BCUT2D eigenvalue weighted by Crippen LogP contribution is 2.39. The molecular weight excluding hydrogens is 292 g/mol. The van der Waals surface area contributed by atoms with Crippen molar-refractivity contribution < 1.29 is 0 Å². The van der Waals surface area contributed by atoms with Gasteiger partial charge in [0.2, 0.25) is 5.16 Å². The van der Waals surface area contributed by atoms with E-state index in [1.807, 2.05) is 16.8 Å². The predicted molar refractivity (Wildman–Crippen MR) is 88.8 cm³/mol. The molecule has 0 aliphatic rings. The lowest BCUT2D eigenvalue weighted by atomic mass is 10.0. The van der Waals surface area contributed by atoms with E-state index < -0.39 is 0 Å². The second-order valence-corrected chi connectivity index (χ2v) is 6.39. The number of hydrogen-bond acceptors (Lipinski definition) is 4. The summed E-state index contributed by atoms with van der Waals surface area (Å²) in [6.45, 7) is 4.17. The summed E-state index contributed by atoms with van der Waals surface area (Å²) in [5, 5.41) is 13.1. The van der Waals surface area contributed by atoms with Crippen LogP contribution in [0.5, 0.6) is 0 Å². The van der Waals surface area contributed by atoms with E-state index in [2.05, 4.69) is 77.9 Å². The fraction of sp³-hybridized carbons (Fsp3) is 0.235. The van der Waals surface area contributed by atoms with Gasteiger partial charge >= 0.3 is 0 Å². The molecule has 0 fully saturated rings. The van der Waals surface area contributed by atoms with Crippen molar-refractivity contribution in [2.75, 3.05) is 0 Å². The second-order valence-electron chi connectivity index (χ2n) is 5.32. The molecule has 5 heteroatoms. The van der Waals surface area contributed by atoms with Gasteiger partial charge in [-0.25, -0.2) is 4.68 Å². The van der Waals surface area contributed by atoms with Crippen LogP contribution in [0.3, 0.4) is 0 Å². The van der Waals surface area contributed by atoms with Gasteiger partial charge in [-0.15, -0.1) is 5.10 Å². The number of aromatic nitrogens is 4. The van der Waals surface area contributed by atoms with Gasteiger partial charge in [0, 0.05) is 0 Å². The zero-order valence-corrected chi connectivity index (χ0v) is 13.4. The molecular formula is C17H18N4S. The highest BCUT2D eigenvalue weighted by atomic mass is 32.2. The largest absolute Gasteiger partial charge is 0.218 e. The minimum absolute atomic E-state index is 0.172. The van der Waals surface area contributed by atoms with E-state index in [9.17, 15) is 0 Å². The van der Waals surface area contributed by atoms with Crippen LogP contribution in [0.1, 0.15) is 36.3 Å². The maximum absolute atomic E-state index is 4.19. The van der Waals surface area contributed by atoms with Crippen LogP contribution in [0.25, 0.3) is 0 Å². The number of tetrazole rings is 1. The Balaban J connectivity index is 1.98. The van der Waals surface area contributed by atoms with Crippen molar-refractivity contribution in [1.82, 2.24) is 20.2 Å². The summed E-state index contributed by atoms with van der Waals surface area (Å²) in [5.74, 6) is 0. The fourth-order valence-corrected chi connectivity index (χ4v) is 3.51. The highest BCUT2D eigenvalue weighted by molar-refractivity contribution is 7.99. The molecule has 2 aromatic carbocycles. The van der Waals surface area contributed by atoms with Gasteiger partial charge < -0.3 is 0 Å². The van der Waals surface area contributed by atoms with Gasteiger partial charge in [0.15, 0.2) is 0 Å². The molecule has 0 aliphatic heterocycles. The molecule has 0 aliphatic carbocycles. The summed E-state index contributed by atoms with van der Waals surface area (Å²) in [6, 6.07) is 21.2. The van der Waals surface area contributed by atoms with Crippen molar-refractivity contribution in [3.63, 3.8) is 0 Å². The summed E-state index contributed by atoms with van der Waals surface area (Å²) >= 11 is 1.68. The summed E-state index contributed by atoms with van der Waals surface area (Å²) < 4.78 is 1.86. The van der Waals surface area contributed by atoms with E-state index in [0.717, 1.165) is 5.16 Å². The quantitative estimate of drug-likeness (QED) is 0.664. The number of benzene rings is 2. The third kappa shape index (κ3) is 3.20. The number of nitrogens with zero attached hydrogens (tertiary/aromatic N) is 4. The molecule has 0 atom stereocenters. The lowest BCUT2D eigenvalue weighted by Gasteiger charge is -2.17. The van der Waals surface area contributed by atoms with Crippen molar-refractivity contribution in [2.45, 2.75) is 30.3 Å². The van der Waals surface area contributed by atoms with Crippen molar-refractivity contribution in [2.24, 2.45) is 0 Å². The zero-order chi connectivity index (χ0) is 15.4. The predicted octanol–water partition coefficient (Wildman–Crippen LogP) is 4.14. The standard InChI is InChI=1S/C17H18N4S/c1-13(2)21-17(18-19-20-21)22-16(14-9-5-3-6-10-14)15-11-7-4-8-12-15/h3-13,16H,1-2H3. The van der Waals surface area contributed by atoms with E-state index in [1.165, 1.54) is 11.1 Å². The topological polar surface area (TPSA) is 43.6 Å². The van der Waals surface area contributed by atoms with Gasteiger partial charge in [-0.05, 0) is 35.4 Å². The molecule has 0 bridgehead atoms. The third-order valence-electron chi connectivity index (χ3n) is 3.38. The van der Waals surface area contributed by atoms with Crippen LogP contribution in [0.2, 0.25) is 0 Å². The molecule has 1 aromatic heterocycles. The third-order valence-corrected chi connectivity index (χ3v) is 4.64. The Kier molecular flexibility index (Phi) is 4.53. The molecule has 0 unspecified atom stereocenters. The van der Waals surface area contributed by atoms with Crippen molar-refractivity contribution in [1.29, 1.82) is 0 Å². The molecule has 0 amide bonds. The van der Waals surface area contributed by atoms with E-state index in [1.54, 1.807) is 11.8 Å².